The third-order valence-electron chi connectivity index (χ3n) is 5.80. The maximum Gasteiger partial charge on any atom is 0.253 e. The lowest BCUT2D eigenvalue weighted by Crippen LogP contribution is -2.68. The molecule has 2 heterocycles. The zero-order chi connectivity index (χ0) is 25.9. The molecule has 10 heteroatoms. The normalized spacial score (nSPS) is 18.4. The second-order valence-corrected chi connectivity index (χ2v) is 10.9. The summed E-state index contributed by atoms with van der Waals surface area (Å²) in [5.74, 6) is 1.65. The predicted octanol–water partition coefficient (Wildman–Crippen LogP) is 6.34. The van der Waals surface area contributed by atoms with E-state index in [1.807, 2.05) is 30.3 Å². The number of nitrogens with one attached hydrogen (secondary N) is 1. The lowest BCUT2D eigenvalue weighted by molar-refractivity contribution is -0.144. The highest BCUT2D eigenvalue weighted by Crippen LogP contribution is 2.39. The fourth-order valence-electron chi connectivity index (χ4n) is 3.97. The molecule has 3 aromatic carbocycles. The zero-order valence-electron chi connectivity index (χ0n) is 19.3. The molecule has 0 saturated carbocycles. The molecular weight excluding hydrogens is 555 g/mol. The largest absolute Gasteiger partial charge is 0.485 e. The summed E-state index contributed by atoms with van der Waals surface area (Å²) in [6, 6.07) is 18.9. The van der Waals surface area contributed by atoms with Crippen LogP contribution in [0.5, 0.6) is 17.2 Å². The van der Waals surface area contributed by atoms with E-state index in [1.54, 1.807) is 59.3 Å². The highest BCUT2D eigenvalue weighted by atomic mass is 35.5. The average Bonchev–Trinajstić information content (AvgIpc) is 2.89. The third kappa shape index (κ3) is 6.02. The van der Waals surface area contributed by atoms with Gasteiger partial charge in [0, 0.05) is 28.1 Å². The summed E-state index contributed by atoms with van der Waals surface area (Å²) >= 11 is 20.0. The molecule has 0 aliphatic carbocycles. The summed E-state index contributed by atoms with van der Waals surface area (Å²) in [4.78, 5) is 26.8. The molecule has 1 N–H and O–H groups in total. The van der Waals surface area contributed by atoms with Crippen LogP contribution in [0, 0.1) is 0 Å². The molecule has 5 rings (SSSR count). The van der Waals surface area contributed by atoms with Crippen molar-refractivity contribution in [2.24, 2.45) is 0 Å². The number of benzene rings is 3. The highest BCUT2D eigenvalue weighted by Gasteiger charge is 2.49. The molecule has 1 fully saturated rings. The maximum atomic E-state index is 12.7. The Labute approximate surface area is 233 Å². The van der Waals surface area contributed by atoms with E-state index in [-0.39, 0.29) is 30.2 Å². The zero-order valence-corrected chi connectivity index (χ0v) is 22.4. The number of thioether (sulfide) groups is 1. The van der Waals surface area contributed by atoms with Crippen LogP contribution in [0.15, 0.2) is 78.5 Å². The molecule has 3 aromatic rings. The van der Waals surface area contributed by atoms with Crippen LogP contribution in [0.2, 0.25) is 15.1 Å². The Kier molecular flexibility index (Phi) is 7.86. The second-order valence-electron chi connectivity index (χ2n) is 8.50. The number of nitrogens with zero attached hydrogens (tertiary/aromatic N) is 1. The summed E-state index contributed by atoms with van der Waals surface area (Å²) in [5, 5.41) is 4.10. The van der Waals surface area contributed by atoms with Crippen molar-refractivity contribution in [2.45, 2.75) is 17.8 Å². The van der Waals surface area contributed by atoms with Crippen molar-refractivity contribution in [1.82, 2.24) is 10.2 Å². The Morgan fingerprint density at radius 3 is 2.46 bits per heavy atom. The molecule has 0 bridgehead atoms. The minimum Gasteiger partial charge on any atom is -0.485 e. The smallest absolute Gasteiger partial charge is 0.253 e. The lowest BCUT2D eigenvalue weighted by atomic mass is 10.1. The SMILES string of the molecule is O=C(Cc1ccccc1)NC1C(=O)N2C=C(COc3cc(Cl)ccc3Oc3ccc(Cl)cc3Cl)CS[C@H]12. The summed E-state index contributed by atoms with van der Waals surface area (Å²) in [6.07, 6.45) is 2.03. The monoisotopic (exact) mass is 574 g/mol. The molecule has 2 amide bonds. The molecule has 1 unspecified atom stereocenters. The number of β-lactam (4-membered cyclic amide) rings is 1. The fraction of sp³-hybridized carbons (Fsp3) is 0.185. The number of carbonyl (C=O) groups excluding carboxylic acids is 2. The molecule has 0 aromatic heterocycles. The van der Waals surface area contributed by atoms with Gasteiger partial charge in [-0.05, 0) is 41.5 Å². The Morgan fingerprint density at radius 1 is 0.973 bits per heavy atom. The van der Waals surface area contributed by atoms with E-state index in [2.05, 4.69) is 5.32 Å². The number of amides is 2. The molecule has 6 nitrogen and oxygen atoms in total. The van der Waals surface area contributed by atoms with Gasteiger partial charge in [-0.2, -0.15) is 0 Å². The maximum absolute atomic E-state index is 12.7. The van der Waals surface area contributed by atoms with E-state index in [0.717, 1.165) is 11.1 Å². The molecule has 0 spiro atoms. The molecule has 1 saturated heterocycles. The number of rotatable bonds is 8. The standard InChI is InChI=1S/C27H21Cl3N2O4S/c28-18-6-8-21(20(30)11-18)36-22-9-7-19(29)12-23(22)35-14-17-13-32-26(34)25(27(32)37-15-17)31-24(33)10-16-4-2-1-3-5-16/h1-9,11-13,25,27H,10,14-15H2,(H,31,33)/t25?,27-/m1/s1. The molecule has 37 heavy (non-hydrogen) atoms. The molecule has 2 aliphatic heterocycles. The first kappa shape index (κ1) is 25.8. The van der Waals surface area contributed by atoms with Crippen molar-refractivity contribution in [3.05, 3.63) is 99.1 Å². The number of ether oxygens (including phenoxy) is 2. The van der Waals surface area contributed by atoms with E-state index in [0.29, 0.717) is 38.1 Å². The molecule has 2 atom stereocenters. The van der Waals surface area contributed by atoms with Gasteiger partial charge in [-0.3, -0.25) is 9.59 Å². The number of halogens is 3. The van der Waals surface area contributed by atoms with Crippen LogP contribution in [0.25, 0.3) is 0 Å². The number of hydrogen-bond acceptors (Lipinski definition) is 5. The Hall–Kier alpha value is -2.84. The summed E-state index contributed by atoms with van der Waals surface area (Å²) < 4.78 is 12.0. The van der Waals surface area contributed by atoms with Crippen molar-refractivity contribution in [2.75, 3.05) is 12.4 Å². The van der Waals surface area contributed by atoms with Crippen molar-refractivity contribution in [1.29, 1.82) is 0 Å². The van der Waals surface area contributed by atoms with Gasteiger partial charge in [0.1, 0.15) is 23.8 Å². The molecular formula is C27H21Cl3N2O4S. The van der Waals surface area contributed by atoms with Crippen LogP contribution in [-0.2, 0) is 16.0 Å². The van der Waals surface area contributed by atoms with Crippen LogP contribution in [0.3, 0.4) is 0 Å². The summed E-state index contributed by atoms with van der Waals surface area (Å²) in [6.45, 7) is 0.236. The van der Waals surface area contributed by atoms with Gasteiger partial charge in [0.05, 0.1) is 11.4 Å². The van der Waals surface area contributed by atoms with Gasteiger partial charge < -0.3 is 19.7 Å². The third-order valence-corrected chi connectivity index (χ3v) is 7.94. The van der Waals surface area contributed by atoms with Gasteiger partial charge in [-0.1, -0.05) is 65.1 Å². The number of hydrogen-bond donors (Lipinski definition) is 1. The minimum atomic E-state index is -0.531. The van der Waals surface area contributed by atoms with Gasteiger partial charge in [0.25, 0.3) is 5.91 Å². The van der Waals surface area contributed by atoms with E-state index in [4.69, 9.17) is 44.3 Å². The van der Waals surface area contributed by atoms with Gasteiger partial charge in [-0.15, -0.1) is 11.8 Å². The Bertz CT molecular complexity index is 1370. The first-order valence-corrected chi connectivity index (χ1v) is 13.6. The Morgan fingerprint density at radius 2 is 1.70 bits per heavy atom. The van der Waals surface area contributed by atoms with Gasteiger partial charge in [0.2, 0.25) is 5.91 Å². The van der Waals surface area contributed by atoms with Crippen molar-refractivity contribution >= 4 is 58.4 Å². The van der Waals surface area contributed by atoms with Crippen LogP contribution in [0.4, 0.5) is 0 Å². The van der Waals surface area contributed by atoms with E-state index >= 15 is 0 Å². The minimum absolute atomic E-state index is 0.131. The first-order chi connectivity index (χ1) is 17.9. The Balaban J connectivity index is 1.20. The van der Waals surface area contributed by atoms with Crippen LogP contribution < -0.4 is 14.8 Å². The second kappa shape index (κ2) is 11.3. The van der Waals surface area contributed by atoms with Crippen LogP contribution in [0.1, 0.15) is 5.56 Å². The topological polar surface area (TPSA) is 67.9 Å². The van der Waals surface area contributed by atoms with Crippen LogP contribution in [-0.4, -0.2) is 40.5 Å². The van der Waals surface area contributed by atoms with Crippen molar-refractivity contribution in [3.8, 4) is 17.2 Å². The van der Waals surface area contributed by atoms with E-state index < -0.39 is 6.04 Å². The number of carbonyl (C=O) groups is 2. The predicted molar refractivity (Wildman–Crippen MR) is 147 cm³/mol. The van der Waals surface area contributed by atoms with Crippen molar-refractivity contribution < 1.29 is 19.1 Å². The quantitative estimate of drug-likeness (QED) is 0.317. The van der Waals surface area contributed by atoms with E-state index in [1.165, 1.54) is 0 Å². The van der Waals surface area contributed by atoms with Gasteiger partial charge >= 0.3 is 0 Å². The van der Waals surface area contributed by atoms with E-state index in [9.17, 15) is 9.59 Å². The van der Waals surface area contributed by atoms with Gasteiger partial charge in [0.15, 0.2) is 11.5 Å². The number of fused-ring (bicyclic) bond motifs is 1. The summed E-state index contributed by atoms with van der Waals surface area (Å²) in [7, 11) is 0. The van der Waals surface area contributed by atoms with Crippen LogP contribution >= 0.6 is 46.6 Å². The van der Waals surface area contributed by atoms with Gasteiger partial charge in [-0.25, -0.2) is 0 Å². The van der Waals surface area contributed by atoms with Crippen molar-refractivity contribution in [3.63, 3.8) is 0 Å². The average molecular weight is 576 g/mol. The molecule has 190 valence electrons. The summed E-state index contributed by atoms with van der Waals surface area (Å²) in [5.41, 5.74) is 1.82. The first-order valence-electron chi connectivity index (χ1n) is 11.4. The molecule has 2 aliphatic rings. The fourth-order valence-corrected chi connectivity index (χ4v) is 5.82. The molecule has 0 radical (unpaired) electrons. The highest BCUT2D eigenvalue weighted by molar-refractivity contribution is 8.00. The lowest BCUT2D eigenvalue weighted by Gasteiger charge is -2.47.